The minimum absolute atomic E-state index is 0.0781. The largest absolute Gasteiger partial charge is 0.481 e. The van der Waals surface area contributed by atoms with Crippen molar-refractivity contribution in [2.45, 2.75) is 37.0 Å². The van der Waals surface area contributed by atoms with Crippen LogP contribution in [0.3, 0.4) is 0 Å². The van der Waals surface area contributed by atoms with Gasteiger partial charge in [-0.1, -0.05) is 6.07 Å². The lowest BCUT2D eigenvalue weighted by Crippen LogP contribution is -2.30. The van der Waals surface area contributed by atoms with Gasteiger partial charge in [-0.3, -0.25) is 4.79 Å². The number of sulfonamides is 1. The number of benzene rings is 1. The van der Waals surface area contributed by atoms with Gasteiger partial charge < -0.3 is 5.11 Å². The zero-order valence-corrected chi connectivity index (χ0v) is 12.6. The molecule has 0 saturated carbocycles. The molecule has 1 aromatic carbocycles. The van der Waals surface area contributed by atoms with Crippen molar-refractivity contribution in [3.05, 3.63) is 29.3 Å². The molecule has 2 aliphatic rings. The number of rotatable bonds is 3. The molecule has 6 heteroatoms. The first-order chi connectivity index (χ1) is 9.98. The molecule has 0 spiro atoms. The van der Waals surface area contributed by atoms with Crippen LogP contribution in [0.2, 0.25) is 0 Å². The van der Waals surface area contributed by atoms with E-state index in [1.165, 1.54) is 9.87 Å². The van der Waals surface area contributed by atoms with Crippen molar-refractivity contribution in [3.8, 4) is 0 Å². The van der Waals surface area contributed by atoms with Gasteiger partial charge in [0.25, 0.3) is 0 Å². The number of carboxylic acid groups (broad SMARTS) is 1. The maximum atomic E-state index is 12.6. The van der Waals surface area contributed by atoms with Gasteiger partial charge in [0.2, 0.25) is 10.0 Å². The second-order valence-corrected chi connectivity index (χ2v) is 7.76. The fourth-order valence-electron chi connectivity index (χ4n) is 3.17. The van der Waals surface area contributed by atoms with Crippen LogP contribution in [-0.2, 0) is 27.7 Å². The molecule has 1 aromatic rings. The van der Waals surface area contributed by atoms with Crippen LogP contribution in [0, 0.1) is 5.92 Å². The van der Waals surface area contributed by atoms with Crippen molar-refractivity contribution in [2.75, 3.05) is 13.1 Å². The van der Waals surface area contributed by atoms with Crippen molar-refractivity contribution in [1.82, 2.24) is 4.31 Å². The summed E-state index contributed by atoms with van der Waals surface area (Å²) >= 11 is 0. The van der Waals surface area contributed by atoms with Crippen LogP contribution in [0.25, 0.3) is 0 Å². The first kappa shape index (κ1) is 14.5. The standard InChI is InChI=1S/C15H19NO4S/c17-15(18)13-7-8-16(10-13)21(19,20)14-6-5-11-3-1-2-4-12(11)9-14/h5-6,9,13H,1-4,7-8,10H2,(H,17,18). The first-order valence-electron chi connectivity index (χ1n) is 7.33. The average molecular weight is 309 g/mol. The lowest BCUT2D eigenvalue weighted by Gasteiger charge is -2.20. The lowest BCUT2D eigenvalue weighted by atomic mass is 9.92. The Morgan fingerprint density at radius 1 is 1.19 bits per heavy atom. The summed E-state index contributed by atoms with van der Waals surface area (Å²) in [6, 6.07) is 5.34. The summed E-state index contributed by atoms with van der Waals surface area (Å²) < 4.78 is 26.5. The Morgan fingerprint density at radius 3 is 2.57 bits per heavy atom. The highest BCUT2D eigenvalue weighted by molar-refractivity contribution is 7.89. The summed E-state index contributed by atoms with van der Waals surface area (Å²) in [4.78, 5) is 11.3. The van der Waals surface area contributed by atoms with Crippen LogP contribution < -0.4 is 0 Å². The van der Waals surface area contributed by atoms with Crippen LogP contribution >= 0.6 is 0 Å². The van der Waals surface area contributed by atoms with Crippen molar-refractivity contribution in [1.29, 1.82) is 0 Å². The number of hydrogen-bond acceptors (Lipinski definition) is 3. The third kappa shape index (κ3) is 2.70. The zero-order chi connectivity index (χ0) is 15.0. The second-order valence-electron chi connectivity index (χ2n) is 5.82. The molecule has 1 aliphatic heterocycles. The fraction of sp³-hybridized carbons (Fsp3) is 0.533. The molecule has 21 heavy (non-hydrogen) atoms. The Morgan fingerprint density at radius 2 is 1.90 bits per heavy atom. The summed E-state index contributed by atoms with van der Waals surface area (Å²) in [5, 5.41) is 9.00. The average Bonchev–Trinajstić information content (AvgIpc) is 2.97. The molecule has 3 rings (SSSR count). The first-order valence-corrected chi connectivity index (χ1v) is 8.77. The zero-order valence-electron chi connectivity index (χ0n) is 11.8. The van der Waals surface area contributed by atoms with Gasteiger partial charge in [-0.25, -0.2) is 8.42 Å². The van der Waals surface area contributed by atoms with Gasteiger partial charge in [0.05, 0.1) is 10.8 Å². The maximum absolute atomic E-state index is 12.6. The number of aryl methyl sites for hydroxylation is 2. The van der Waals surface area contributed by atoms with Gasteiger partial charge in [-0.05, 0) is 55.4 Å². The van der Waals surface area contributed by atoms with Gasteiger partial charge in [-0.2, -0.15) is 4.31 Å². The molecule has 1 atom stereocenters. The Balaban J connectivity index is 1.87. The molecule has 114 valence electrons. The number of hydrogen-bond donors (Lipinski definition) is 1. The molecule has 1 N–H and O–H groups in total. The van der Waals surface area contributed by atoms with E-state index in [0.717, 1.165) is 31.2 Å². The van der Waals surface area contributed by atoms with E-state index in [-0.39, 0.29) is 13.1 Å². The quantitative estimate of drug-likeness (QED) is 0.921. The highest BCUT2D eigenvalue weighted by atomic mass is 32.2. The Kier molecular flexibility index (Phi) is 3.75. The van der Waals surface area contributed by atoms with Gasteiger partial charge in [-0.15, -0.1) is 0 Å². The van der Waals surface area contributed by atoms with Crippen molar-refractivity contribution >= 4 is 16.0 Å². The van der Waals surface area contributed by atoms with E-state index in [0.29, 0.717) is 11.3 Å². The van der Waals surface area contributed by atoms with E-state index in [9.17, 15) is 13.2 Å². The number of carboxylic acids is 1. The molecule has 5 nitrogen and oxygen atoms in total. The van der Waals surface area contributed by atoms with E-state index >= 15 is 0 Å². The molecule has 0 bridgehead atoms. The van der Waals surface area contributed by atoms with Crippen molar-refractivity contribution in [2.24, 2.45) is 5.92 Å². The van der Waals surface area contributed by atoms with E-state index in [1.807, 2.05) is 6.07 Å². The van der Waals surface area contributed by atoms with Gasteiger partial charge in [0.1, 0.15) is 0 Å². The summed E-state index contributed by atoms with van der Waals surface area (Å²) in [6.07, 6.45) is 4.59. The highest BCUT2D eigenvalue weighted by Crippen LogP contribution is 2.28. The summed E-state index contributed by atoms with van der Waals surface area (Å²) in [7, 11) is -3.57. The summed E-state index contributed by atoms with van der Waals surface area (Å²) in [6.45, 7) is 0.366. The molecule has 0 amide bonds. The van der Waals surface area contributed by atoms with E-state index in [2.05, 4.69) is 0 Å². The monoisotopic (exact) mass is 309 g/mol. The normalized spacial score (nSPS) is 23.0. The van der Waals surface area contributed by atoms with Gasteiger partial charge >= 0.3 is 5.97 Å². The molecule has 1 aliphatic carbocycles. The number of fused-ring (bicyclic) bond motifs is 1. The molecule has 1 fully saturated rings. The minimum Gasteiger partial charge on any atom is -0.481 e. The van der Waals surface area contributed by atoms with Gasteiger partial charge in [0.15, 0.2) is 0 Å². The maximum Gasteiger partial charge on any atom is 0.307 e. The Bertz CT molecular complexity index is 668. The van der Waals surface area contributed by atoms with E-state index < -0.39 is 21.9 Å². The SMILES string of the molecule is O=C(O)C1CCN(S(=O)(=O)c2ccc3c(c2)CCCC3)C1. The van der Waals surface area contributed by atoms with Crippen LogP contribution in [0.1, 0.15) is 30.4 Å². The number of carbonyl (C=O) groups is 1. The Labute approximate surface area is 124 Å². The molecule has 0 radical (unpaired) electrons. The molecule has 1 saturated heterocycles. The smallest absolute Gasteiger partial charge is 0.307 e. The summed E-state index contributed by atoms with van der Waals surface area (Å²) in [5.41, 5.74) is 2.36. The van der Waals surface area contributed by atoms with E-state index in [4.69, 9.17) is 5.11 Å². The van der Waals surface area contributed by atoms with Crippen molar-refractivity contribution < 1.29 is 18.3 Å². The molecule has 1 heterocycles. The molecular weight excluding hydrogens is 290 g/mol. The van der Waals surface area contributed by atoms with Crippen molar-refractivity contribution in [3.63, 3.8) is 0 Å². The van der Waals surface area contributed by atoms with Crippen LogP contribution in [-0.4, -0.2) is 36.9 Å². The third-order valence-electron chi connectivity index (χ3n) is 4.46. The topological polar surface area (TPSA) is 74.7 Å². The third-order valence-corrected chi connectivity index (χ3v) is 6.32. The predicted octanol–water partition coefficient (Wildman–Crippen LogP) is 1.66. The van der Waals surface area contributed by atoms with Gasteiger partial charge in [0, 0.05) is 13.1 Å². The highest BCUT2D eigenvalue weighted by Gasteiger charge is 2.36. The minimum atomic E-state index is -3.57. The summed E-state index contributed by atoms with van der Waals surface area (Å²) in [5.74, 6) is -1.50. The predicted molar refractivity (Wildman–Crippen MR) is 77.6 cm³/mol. The second kappa shape index (κ2) is 5.42. The number of nitrogens with zero attached hydrogens (tertiary/aromatic N) is 1. The molecule has 0 aromatic heterocycles. The molecular formula is C15H19NO4S. The lowest BCUT2D eigenvalue weighted by molar-refractivity contribution is -0.141. The van der Waals surface area contributed by atoms with Crippen LogP contribution in [0.5, 0.6) is 0 Å². The van der Waals surface area contributed by atoms with Crippen LogP contribution in [0.4, 0.5) is 0 Å². The van der Waals surface area contributed by atoms with E-state index in [1.54, 1.807) is 12.1 Å². The molecule has 1 unspecified atom stereocenters. The Hall–Kier alpha value is -1.40. The van der Waals surface area contributed by atoms with Crippen LogP contribution in [0.15, 0.2) is 23.1 Å². The number of aliphatic carboxylic acids is 1. The fourth-order valence-corrected chi connectivity index (χ4v) is 4.72.